The van der Waals surface area contributed by atoms with Crippen LogP contribution in [0, 0.1) is 0 Å². The average molecular weight is 330 g/mol. The van der Waals surface area contributed by atoms with Gasteiger partial charge in [0, 0.05) is 11.8 Å². The number of rotatable bonds is 3. The molecular weight excluding hydrogens is 307 g/mol. The second-order valence-corrected chi connectivity index (χ2v) is 7.13. The second-order valence-electron chi connectivity index (χ2n) is 7.13. The number of esters is 1. The van der Waals surface area contributed by atoms with Crippen LogP contribution in [0.4, 0.5) is 0 Å². The van der Waals surface area contributed by atoms with Crippen molar-refractivity contribution in [2.24, 2.45) is 0 Å². The van der Waals surface area contributed by atoms with Gasteiger partial charge in [0.25, 0.3) is 0 Å². The van der Waals surface area contributed by atoms with E-state index in [1.165, 1.54) is 7.11 Å². The number of carbonyl (C=O) groups is 1. The molecular formula is C18H23BO5. The first kappa shape index (κ1) is 17.1. The SMILES string of the molecule is CCc1cc2cc(B3OC(C)(C)C(C)(C)O3)cc(C(=O)OC)c2o1. The Morgan fingerprint density at radius 1 is 1.12 bits per heavy atom. The van der Waals surface area contributed by atoms with Crippen LogP contribution in [-0.4, -0.2) is 31.4 Å². The molecule has 3 rings (SSSR count). The number of ether oxygens (including phenoxy) is 1. The smallest absolute Gasteiger partial charge is 0.465 e. The van der Waals surface area contributed by atoms with Gasteiger partial charge in [-0.15, -0.1) is 0 Å². The van der Waals surface area contributed by atoms with Crippen molar-refractivity contribution in [3.8, 4) is 0 Å². The zero-order valence-electron chi connectivity index (χ0n) is 15.1. The van der Waals surface area contributed by atoms with Crippen molar-refractivity contribution in [3.63, 3.8) is 0 Å². The van der Waals surface area contributed by atoms with Gasteiger partial charge in [0.2, 0.25) is 0 Å². The fraction of sp³-hybridized carbons (Fsp3) is 0.500. The summed E-state index contributed by atoms with van der Waals surface area (Å²) < 4.78 is 22.9. The molecule has 6 heteroatoms. The summed E-state index contributed by atoms with van der Waals surface area (Å²) in [5.74, 6) is 0.386. The Balaban J connectivity index is 2.11. The van der Waals surface area contributed by atoms with Gasteiger partial charge in [-0.3, -0.25) is 0 Å². The van der Waals surface area contributed by atoms with Crippen LogP contribution in [0.25, 0.3) is 11.0 Å². The lowest BCUT2D eigenvalue weighted by Gasteiger charge is -2.32. The lowest BCUT2D eigenvalue weighted by atomic mass is 9.77. The molecule has 0 N–H and O–H groups in total. The van der Waals surface area contributed by atoms with Gasteiger partial charge in [0.15, 0.2) is 0 Å². The van der Waals surface area contributed by atoms with Crippen LogP contribution in [0.5, 0.6) is 0 Å². The number of fused-ring (bicyclic) bond motifs is 1. The summed E-state index contributed by atoms with van der Waals surface area (Å²) in [6.07, 6.45) is 0.751. The van der Waals surface area contributed by atoms with Gasteiger partial charge < -0.3 is 18.5 Å². The molecule has 0 amide bonds. The Morgan fingerprint density at radius 2 is 1.75 bits per heavy atom. The molecule has 1 fully saturated rings. The molecule has 0 saturated carbocycles. The largest absolute Gasteiger partial charge is 0.494 e. The number of aryl methyl sites for hydroxylation is 1. The molecule has 0 radical (unpaired) electrons. The third-order valence-corrected chi connectivity index (χ3v) is 4.97. The number of hydrogen-bond donors (Lipinski definition) is 0. The minimum absolute atomic E-state index is 0.388. The Kier molecular flexibility index (Phi) is 4.01. The highest BCUT2D eigenvalue weighted by atomic mass is 16.7. The molecule has 2 aromatic rings. The van der Waals surface area contributed by atoms with Gasteiger partial charge in [-0.25, -0.2) is 4.79 Å². The van der Waals surface area contributed by atoms with E-state index in [-0.39, 0.29) is 0 Å². The van der Waals surface area contributed by atoms with E-state index in [4.69, 9.17) is 18.5 Å². The molecule has 1 saturated heterocycles. The van der Waals surface area contributed by atoms with Crippen LogP contribution in [-0.2, 0) is 20.5 Å². The highest BCUT2D eigenvalue weighted by Crippen LogP contribution is 2.37. The molecule has 0 aliphatic carbocycles. The number of hydrogen-bond acceptors (Lipinski definition) is 5. The maximum absolute atomic E-state index is 12.2. The lowest BCUT2D eigenvalue weighted by Crippen LogP contribution is -2.41. The van der Waals surface area contributed by atoms with Crippen LogP contribution in [0.3, 0.4) is 0 Å². The number of carbonyl (C=O) groups excluding carboxylic acids is 1. The van der Waals surface area contributed by atoms with E-state index >= 15 is 0 Å². The van der Waals surface area contributed by atoms with Gasteiger partial charge in [0.05, 0.1) is 18.3 Å². The summed E-state index contributed by atoms with van der Waals surface area (Å²) >= 11 is 0. The molecule has 0 bridgehead atoms. The summed E-state index contributed by atoms with van der Waals surface area (Å²) in [7, 11) is 0.821. The first-order valence-corrected chi connectivity index (χ1v) is 8.19. The Morgan fingerprint density at radius 3 is 2.29 bits per heavy atom. The van der Waals surface area contributed by atoms with Gasteiger partial charge in [0.1, 0.15) is 16.9 Å². The Labute approximate surface area is 142 Å². The number of benzene rings is 1. The highest BCUT2D eigenvalue weighted by molar-refractivity contribution is 6.62. The predicted octanol–water partition coefficient (Wildman–Crippen LogP) is 3.08. The Bertz CT molecular complexity index is 774. The summed E-state index contributed by atoms with van der Waals surface area (Å²) in [6.45, 7) is 10.0. The first-order valence-electron chi connectivity index (χ1n) is 8.19. The molecule has 1 aliphatic rings. The van der Waals surface area contributed by atoms with Crippen molar-refractivity contribution >= 4 is 29.5 Å². The quantitative estimate of drug-likeness (QED) is 0.639. The zero-order valence-corrected chi connectivity index (χ0v) is 15.1. The van der Waals surface area contributed by atoms with Crippen LogP contribution in [0.2, 0.25) is 0 Å². The molecule has 128 valence electrons. The normalized spacial score (nSPS) is 19.0. The molecule has 1 aromatic heterocycles. The molecule has 5 nitrogen and oxygen atoms in total. The highest BCUT2D eigenvalue weighted by Gasteiger charge is 2.51. The molecule has 0 spiro atoms. The zero-order chi connectivity index (χ0) is 17.7. The fourth-order valence-electron chi connectivity index (χ4n) is 2.78. The minimum atomic E-state index is -0.539. The van der Waals surface area contributed by atoms with E-state index in [2.05, 4.69) is 0 Å². The summed E-state index contributed by atoms with van der Waals surface area (Å²) in [4.78, 5) is 12.2. The van der Waals surface area contributed by atoms with Gasteiger partial charge in [-0.05, 0) is 45.3 Å². The molecule has 2 heterocycles. The van der Waals surface area contributed by atoms with E-state index in [0.717, 1.165) is 23.0 Å². The predicted molar refractivity (Wildman–Crippen MR) is 92.6 cm³/mol. The first-order chi connectivity index (χ1) is 11.2. The number of methoxy groups -OCH3 is 1. The van der Waals surface area contributed by atoms with Gasteiger partial charge in [-0.1, -0.05) is 13.0 Å². The van der Waals surface area contributed by atoms with Crippen LogP contribution in [0.1, 0.15) is 50.7 Å². The van der Waals surface area contributed by atoms with Crippen LogP contribution >= 0.6 is 0 Å². The third kappa shape index (κ3) is 2.64. The van der Waals surface area contributed by atoms with E-state index in [9.17, 15) is 4.79 Å². The standard InChI is InChI=1S/C18H23BO5/c1-7-13-9-11-8-12(10-14(15(11)22-13)16(20)21-6)19-23-17(2,3)18(4,5)24-19/h8-10H,7H2,1-6H3. The van der Waals surface area contributed by atoms with Crippen LogP contribution in [0.15, 0.2) is 22.6 Å². The summed E-state index contributed by atoms with van der Waals surface area (Å²) in [5, 5.41) is 0.847. The van der Waals surface area contributed by atoms with Gasteiger partial charge in [-0.2, -0.15) is 0 Å². The van der Waals surface area contributed by atoms with Crippen molar-refractivity contribution in [2.45, 2.75) is 52.2 Å². The molecule has 0 unspecified atom stereocenters. The van der Waals surface area contributed by atoms with Crippen LogP contribution < -0.4 is 5.46 Å². The van der Waals surface area contributed by atoms with Crippen molar-refractivity contribution in [1.29, 1.82) is 0 Å². The van der Waals surface area contributed by atoms with Crippen molar-refractivity contribution in [2.75, 3.05) is 7.11 Å². The minimum Gasteiger partial charge on any atom is -0.465 e. The van der Waals surface area contributed by atoms with E-state index in [0.29, 0.717) is 11.1 Å². The van der Waals surface area contributed by atoms with Crippen molar-refractivity contribution in [1.82, 2.24) is 0 Å². The fourth-order valence-corrected chi connectivity index (χ4v) is 2.78. The topological polar surface area (TPSA) is 57.9 Å². The second kappa shape index (κ2) is 5.64. The molecule has 1 aliphatic heterocycles. The summed E-state index contributed by atoms with van der Waals surface area (Å²) in [6, 6.07) is 5.63. The maximum Gasteiger partial charge on any atom is 0.494 e. The Hall–Kier alpha value is -1.79. The van der Waals surface area contributed by atoms with Gasteiger partial charge >= 0.3 is 13.1 Å². The van der Waals surface area contributed by atoms with E-state index in [1.54, 1.807) is 6.07 Å². The summed E-state index contributed by atoms with van der Waals surface area (Å²) in [5.41, 5.74) is 0.829. The molecule has 1 aromatic carbocycles. The molecule has 0 atom stereocenters. The monoisotopic (exact) mass is 330 g/mol. The van der Waals surface area contributed by atoms with Crippen molar-refractivity contribution < 1.29 is 23.3 Å². The maximum atomic E-state index is 12.2. The van der Waals surface area contributed by atoms with Crippen molar-refractivity contribution in [3.05, 3.63) is 29.5 Å². The molecule has 24 heavy (non-hydrogen) atoms. The average Bonchev–Trinajstić information content (AvgIpc) is 3.03. The van der Waals surface area contributed by atoms with E-state index < -0.39 is 24.3 Å². The van der Waals surface area contributed by atoms with E-state index in [1.807, 2.05) is 46.8 Å². The lowest BCUT2D eigenvalue weighted by molar-refractivity contribution is 0.00578. The third-order valence-electron chi connectivity index (χ3n) is 4.97. The number of furan rings is 1.